The standard InChI is InChI=1S/C13H20N2O2S2/c1-9-7-13(5-4-6-13)8-15(9)19(16,17)12-10(2)14-11(3)18-12/h9H,4-8H2,1-3H3. The molecule has 6 heteroatoms. The Labute approximate surface area is 118 Å². The smallest absolute Gasteiger partial charge is 0.245 e. The van der Waals surface area contributed by atoms with Gasteiger partial charge in [0.25, 0.3) is 10.0 Å². The predicted octanol–water partition coefficient (Wildman–Crippen LogP) is 2.71. The highest BCUT2D eigenvalue weighted by atomic mass is 32.2. The van der Waals surface area contributed by atoms with Crippen molar-refractivity contribution < 1.29 is 8.42 Å². The van der Waals surface area contributed by atoms with Crippen molar-refractivity contribution in [2.45, 2.75) is 56.7 Å². The molecule has 106 valence electrons. The topological polar surface area (TPSA) is 50.3 Å². The van der Waals surface area contributed by atoms with Crippen molar-refractivity contribution in [1.29, 1.82) is 0 Å². The van der Waals surface area contributed by atoms with Crippen molar-refractivity contribution >= 4 is 21.4 Å². The van der Waals surface area contributed by atoms with Gasteiger partial charge in [-0.15, -0.1) is 11.3 Å². The molecule has 1 spiro atoms. The van der Waals surface area contributed by atoms with Gasteiger partial charge in [-0.05, 0) is 45.4 Å². The average molecular weight is 300 g/mol. The summed E-state index contributed by atoms with van der Waals surface area (Å²) in [5.41, 5.74) is 0.921. The Hall–Kier alpha value is -0.460. The maximum Gasteiger partial charge on any atom is 0.254 e. The highest BCUT2D eigenvalue weighted by molar-refractivity contribution is 7.91. The van der Waals surface area contributed by atoms with E-state index in [2.05, 4.69) is 4.98 Å². The molecular weight excluding hydrogens is 280 g/mol. The van der Waals surface area contributed by atoms with Gasteiger partial charge in [0.1, 0.15) is 0 Å². The van der Waals surface area contributed by atoms with Gasteiger partial charge in [0.15, 0.2) is 4.21 Å². The molecule has 1 aromatic heterocycles. The average Bonchev–Trinajstić information content (AvgIpc) is 2.79. The normalized spacial score (nSPS) is 26.8. The van der Waals surface area contributed by atoms with Crippen LogP contribution in [0.1, 0.15) is 43.3 Å². The van der Waals surface area contributed by atoms with Crippen LogP contribution >= 0.6 is 11.3 Å². The van der Waals surface area contributed by atoms with Crippen LogP contribution in [0.4, 0.5) is 0 Å². The molecule has 0 aromatic carbocycles. The second-order valence-electron chi connectivity index (χ2n) is 6.06. The van der Waals surface area contributed by atoms with Gasteiger partial charge in [0.2, 0.25) is 0 Å². The third-order valence-corrected chi connectivity index (χ3v) is 8.15. The van der Waals surface area contributed by atoms with Crippen LogP contribution in [-0.2, 0) is 10.0 Å². The van der Waals surface area contributed by atoms with Crippen LogP contribution in [0.5, 0.6) is 0 Å². The summed E-state index contributed by atoms with van der Waals surface area (Å²) in [4.78, 5) is 4.26. The Balaban J connectivity index is 1.95. The summed E-state index contributed by atoms with van der Waals surface area (Å²) in [6, 6.07) is 0.118. The zero-order valence-corrected chi connectivity index (χ0v) is 13.3. The first-order chi connectivity index (χ1) is 8.84. The second kappa shape index (κ2) is 4.27. The van der Waals surface area contributed by atoms with E-state index in [1.54, 1.807) is 11.2 Å². The highest BCUT2D eigenvalue weighted by Gasteiger charge is 2.50. The summed E-state index contributed by atoms with van der Waals surface area (Å²) in [6.45, 7) is 6.38. The van der Waals surface area contributed by atoms with E-state index in [1.807, 2.05) is 13.8 Å². The molecule has 0 amide bonds. The van der Waals surface area contributed by atoms with Crippen molar-refractivity contribution in [3.05, 3.63) is 10.7 Å². The number of thiazole rings is 1. The molecular formula is C13H20N2O2S2. The largest absolute Gasteiger partial charge is 0.254 e. The summed E-state index contributed by atoms with van der Waals surface area (Å²) >= 11 is 1.30. The minimum absolute atomic E-state index is 0.118. The number of aryl methyl sites for hydroxylation is 2. The van der Waals surface area contributed by atoms with E-state index in [0.29, 0.717) is 16.4 Å². The third kappa shape index (κ3) is 2.04. The van der Waals surface area contributed by atoms with E-state index < -0.39 is 10.0 Å². The molecule has 1 aliphatic heterocycles. The lowest BCUT2D eigenvalue weighted by molar-refractivity contribution is 0.152. The zero-order valence-electron chi connectivity index (χ0n) is 11.6. The molecule has 0 N–H and O–H groups in total. The molecule has 1 aliphatic carbocycles. The van der Waals surface area contributed by atoms with Gasteiger partial charge < -0.3 is 0 Å². The number of rotatable bonds is 2. The number of hydrogen-bond acceptors (Lipinski definition) is 4. The SMILES string of the molecule is Cc1nc(C)c(S(=O)(=O)N2CC3(CCC3)CC2C)s1. The summed E-state index contributed by atoms with van der Waals surface area (Å²) < 4.78 is 27.8. The molecule has 3 rings (SSSR count). The van der Waals surface area contributed by atoms with Gasteiger partial charge in [-0.2, -0.15) is 4.31 Å². The quantitative estimate of drug-likeness (QED) is 0.844. The zero-order chi connectivity index (χ0) is 13.8. The van der Waals surface area contributed by atoms with E-state index in [1.165, 1.54) is 30.6 Å². The number of aromatic nitrogens is 1. The van der Waals surface area contributed by atoms with E-state index in [-0.39, 0.29) is 11.5 Å². The molecule has 2 fully saturated rings. The first kappa shape index (κ1) is 13.5. The lowest BCUT2D eigenvalue weighted by Crippen LogP contribution is -2.37. The van der Waals surface area contributed by atoms with Gasteiger partial charge in [0.05, 0.1) is 10.7 Å². The molecule has 1 saturated carbocycles. The molecule has 4 nitrogen and oxygen atoms in total. The maximum atomic E-state index is 12.8. The Bertz CT molecular complexity index is 602. The van der Waals surface area contributed by atoms with Crippen LogP contribution in [0.2, 0.25) is 0 Å². The van der Waals surface area contributed by atoms with E-state index in [0.717, 1.165) is 11.4 Å². The summed E-state index contributed by atoms with van der Waals surface area (Å²) in [5, 5.41) is 0.821. The molecule has 1 unspecified atom stereocenters. The molecule has 1 aromatic rings. The van der Waals surface area contributed by atoms with Crippen LogP contribution in [0.3, 0.4) is 0 Å². The summed E-state index contributed by atoms with van der Waals surface area (Å²) in [5.74, 6) is 0. The van der Waals surface area contributed by atoms with Gasteiger partial charge in [0, 0.05) is 12.6 Å². The van der Waals surface area contributed by atoms with Crippen molar-refractivity contribution in [3.8, 4) is 0 Å². The summed E-state index contributed by atoms with van der Waals surface area (Å²) in [7, 11) is -3.36. The highest BCUT2D eigenvalue weighted by Crippen LogP contribution is 2.51. The Kier molecular flexibility index (Phi) is 3.04. The monoisotopic (exact) mass is 300 g/mol. The van der Waals surface area contributed by atoms with Gasteiger partial charge in [-0.3, -0.25) is 0 Å². The third-order valence-electron chi connectivity index (χ3n) is 4.53. The molecule has 0 radical (unpaired) electrons. The lowest BCUT2D eigenvalue weighted by Gasteiger charge is -2.37. The van der Waals surface area contributed by atoms with Crippen LogP contribution in [-0.4, -0.2) is 30.3 Å². The second-order valence-corrected chi connectivity index (χ2v) is 9.35. The number of sulfonamides is 1. The molecule has 2 aliphatic rings. The van der Waals surface area contributed by atoms with Gasteiger partial charge >= 0.3 is 0 Å². The molecule has 0 bridgehead atoms. The Morgan fingerprint density at radius 2 is 2.05 bits per heavy atom. The Morgan fingerprint density at radius 3 is 2.47 bits per heavy atom. The first-order valence-corrected chi connectivity index (χ1v) is 9.06. The van der Waals surface area contributed by atoms with Crippen molar-refractivity contribution in [2.75, 3.05) is 6.54 Å². The molecule has 19 heavy (non-hydrogen) atoms. The van der Waals surface area contributed by atoms with E-state index in [9.17, 15) is 8.42 Å². The fourth-order valence-electron chi connectivity index (χ4n) is 3.50. The minimum atomic E-state index is -3.36. The van der Waals surface area contributed by atoms with E-state index in [4.69, 9.17) is 0 Å². The van der Waals surface area contributed by atoms with Crippen molar-refractivity contribution in [2.24, 2.45) is 5.41 Å². The van der Waals surface area contributed by atoms with Gasteiger partial charge in [-0.25, -0.2) is 13.4 Å². The minimum Gasteiger partial charge on any atom is -0.245 e. The van der Waals surface area contributed by atoms with Crippen LogP contribution in [0, 0.1) is 19.3 Å². The summed E-state index contributed by atoms with van der Waals surface area (Å²) in [6.07, 6.45) is 4.64. The number of hydrogen-bond donors (Lipinski definition) is 0. The molecule has 2 heterocycles. The fourth-order valence-corrected chi connectivity index (χ4v) is 6.84. The predicted molar refractivity (Wildman–Crippen MR) is 75.8 cm³/mol. The van der Waals surface area contributed by atoms with Crippen LogP contribution in [0.25, 0.3) is 0 Å². The lowest BCUT2D eigenvalue weighted by atomic mass is 9.68. The maximum absolute atomic E-state index is 12.8. The van der Waals surface area contributed by atoms with E-state index >= 15 is 0 Å². The van der Waals surface area contributed by atoms with Crippen molar-refractivity contribution in [3.63, 3.8) is 0 Å². The van der Waals surface area contributed by atoms with Crippen LogP contribution in [0.15, 0.2) is 4.21 Å². The molecule has 1 saturated heterocycles. The fraction of sp³-hybridized carbons (Fsp3) is 0.769. The van der Waals surface area contributed by atoms with Crippen molar-refractivity contribution in [1.82, 2.24) is 9.29 Å². The number of nitrogens with zero attached hydrogens (tertiary/aromatic N) is 2. The van der Waals surface area contributed by atoms with Gasteiger partial charge in [-0.1, -0.05) is 6.42 Å². The first-order valence-electron chi connectivity index (χ1n) is 6.80. The van der Waals surface area contributed by atoms with Crippen LogP contribution < -0.4 is 0 Å². The molecule has 1 atom stereocenters. The Morgan fingerprint density at radius 1 is 1.37 bits per heavy atom.